The molecule has 0 saturated carbocycles. The number of rotatable bonds is 4. The highest BCUT2D eigenvalue weighted by molar-refractivity contribution is 9.10. The number of benzene rings is 2. The molecule has 0 fully saturated rings. The average Bonchev–Trinajstić information content (AvgIpc) is 2.52. The van der Waals surface area contributed by atoms with Gasteiger partial charge in [0.25, 0.3) is 0 Å². The number of halogens is 1. The van der Waals surface area contributed by atoms with Crippen molar-refractivity contribution in [2.45, 2.75) is 0 Å². The normalized spacial score (nSPS) is 10.6. The van der Waals surface area contributed by atoms with Gasteiger partial charge in [-0.1, -0.05) is 40.7 Å². The summed E-state index contributed by atoms with van der Waals surface area (Å²) in [4.78, 5) is 12.2. The second-order valence-corrected chi connectivity index (χ2v) is 5.67. The lowest BCUT2D eigenvalue weighted by Gasteiger charge is -2.06. The highest BCUT2D eigenvalue weighted by atomic mass is 79.9. The lowest BCUT2D eigenvalue weighted by Crippen LogP contribution is -2.02. The van der Waals surface area contributed by atoms with Crippen LogP contribution in [0.3, 0.4) is 0 Å². The standard InChI is InChI=1S/C18H13BrO3/c1-2-8-21-15-7-6-13-10-16(18(20)22-17(13)11-15)12-4-3-5-14(19)9-12/h2-7,9-11H,1,8H2. The third kappa shape index (κ3) is 2.97. The van der Waals surface area contributed by atoms with Crippen LogP contribution in [0.4, 0.5) is 0 Å². The number of hydrogen-bond acceptors (Lipinski definition) is 3. The molecule has 0 aliphatic rings. The highest BCUT2D eigenvalue weighted by Gasteiger charge is 2.09. The van der Waals surface area contributed by atoms with Gasteiger partial charge in [-0.3, -0.25) is 0 Å². The third-order valence-electron chi connectivity index (χ3n) is 3.21. The van der Waals surface area contributed by atoms with Crippen molar-refractivity contribution in [3.05, 3.63) is 76.1 Å². The molecule has 0 amide bonds. The van der Waals surface area contributed by atoms with Gasteiger partial charge in [0.05, 0.1) is 5.56 Å². The molecule has 3 nitrogen and oxygen atoms in total. The van der Waals surface area contributed by atoms with Crippen LogP contribution in [0.2, 0.25) is 0 Å². The quantitative estimate of drug-likeness (QED) is 0.498. The van der Waals surface area contributed by atoms with Gasteiger partial charge in [0.1, 0.15) is 17.9 Å². The summed E-state index contributed by atoms with van der Waals surface area (Å²) in [5, 5.41) is 0.848. The van der Waals surface area contributed by atoms with Crippen LogP contribution in [0.25, 0.3) is 22.1 Å². The molecule has 0 bridgehead atoms. The Labute approximate surface area is 136 Å². The minimum absolute atomic E-state index is 0.369. The topological polar surface area (TPSA) is 39.4 Å². The summed E-state index contributed by atoms with van der Waals surface area (Å²) in [5.41, 5.74) is 1.49. The molecule has 22 heavy (non-hydrogen) atoms. The van der Waals surface area contributed by atoms with E-state index in [-0.39, 0.29) is 5.63 Å². The Morgan fingerprint density at radius 2 is 2.05 bits per heavy atom. The molecule has 1 heterocycles. The summed E-state index contributed by atoms with van der Waals surface area (Å²) in [6.07, 6.45) is 1.66. The van der Waals surface area contributed by atoms with Crippen molar-refractivity contribution >= 4 is 26.9 Å². The molecule has 2 aromatic carbocycles. The van der Waals surface area contributed by atoms with Crippen molar-refractivity contribution in [1.29, 1.82) is 0 Å². The van der Waals surface area contributed by atoms with Crippen LogP contribution in [0.15, 0.2) is 74.9 Å². The third-order valence-corrected chi connectivity index (χ3v) is 3.70. The minimum atomic E-state index is -0.369. The van der Waals surface area contributed by atoms with E-state index < -0.39 is 0 Å². The molecular weight excluding hydrogens is 344 g/mol. The number of ether oxygens (including phenoxy) is 1. The maximum Gasteiger partial charge on any atom is 0.344 e. The van der Waals surface area contributed by atoms with Gasteiger partial charge in [-0.15, -0.1) is 0 Å². The first-order valence-electron chi connectivity index (χ1n) is 6.75. The van der Waals surface area contributed by atoms with Crippen molar-refractivity contribution in [2.24, 2.45) is 0 Å². The molecule has 4 heteroatoms. The first-order valence-corrected chi connectivity index (χ1v) is 7.54. The molecule has 3 aromatic rings. The SMILES string of the molecule is C=CCOc1ccc2cc(-c3cccc(Br)c3)c(=O)oc2c1. The van der Waals surface area contributed by atoms with Gasteiger partial charge in [-0.2, -0.15) is 0 Å². The monoisotopic (exact) mass is 356 g/mol. The van der Waals surface area contributed by atoms with Gasteiger partial charge in [0.2, 0.25) is 0 Å². The van der Waals surface area contributed by atoms with Gasteiger partial charge in [0.15, 0.2) is 0 Å². The van der Waals surface area contributed by atoms with E-state index in [4.69, 9.17) is 9.15 Å². The second kappa shape index (κ2) is 6.20. The Morgan fingerprint density at radius 3 is 2.82 bits per heavy atom. The maximum absolute atomic E-state index is 12.2. The molecule has 1 aromatic heterocycles. The Kier molecular flexibility index (Phi) is 4.11. The highest BCUT2D eigenvalue weighted by Crippen LogP contribution is 2.25. The lowest BCUT2D eigenvalue weighted by molar-refractivity contribution is 0.363. The van der Waals surface area contributed by atoms with Gasteiger partial charge < -0.3 is 9.15 Å². The van der Waals surface area contributed by atoms with E-state index in [1.807, 2.05) is 42.5 Å². The molecule has 110 valence electrons. The molecule has 0 aliphatic heterocycles. The van der Waals surface area contributed by atoms with Gasteiger partial charge >= 0.3 is 5.63 Å². The first-order chi connectivity index (χ1) is 10.7. The van der Waals surface area contributed by atoms with E-state index in [1.54, 1.807) is 12.1 Å². The molecule has 0 aliphatic carbocycles. The number of fused-ring (bicyclic) bond motifs is 1. The fourth-order valence-electron chi connectivity index (χ4n) is 2.19. The van der Waals surface area contributed by atoms with Crippen molar-refractivity contribution in [2.75, 3.05) is 6.61 Å². The smallest absolute Gasteiger partial charge is 0.344 e. The largest absolute Gasteiger partial charge is 0.489 e. The molecule has 0 radical (unpaired) electrons. The Hall–Kier alpha value is -2.33. The van der Waals surface area contributed by atoms with Crippen LogP contribution in [0.5, 0.6) is 5.75 Å². The summed E-state index contributed by atoms with van der Waals surface area (Å²) in [7, 11) is 0. The zero-order chi connectivity index (χ0) is 15.5. The van der Waals surface area contributed by atoms with E-state index in [2.05, 4.69) is 22.5 Å². The fourth-order valence-corrected chi connectivity index (χ4v) is 2.59. The molecule has 0 N–H and O–H groups in total. The molecular formula is C18H13BrO3. The Balaban J connectivity index is 2.09. The van der Waals surface area contributed by atoms with E-state index in [0.29, 0.717) is 23.5 Å². The molecule has 0 unspecified atom stereocenters. The molecule has 3 rings (SSSR count). The summed E-state index contributed by atoms with van der Waals surface area (Å²) in [6, 6.07) is 14.8. The van der Waals surface area contributed by atoms with Crippen molar-refractivity contribution in [1.82, 2.24) is 0 Å². The number of hydrogen-bond donors (Lipinski definition) is 0. The minimum Gasteiger partial charge on any atom is -0.489 e. The predicted molar refractivity (Wildman–Crippen MR) is 91.3 cm³/mol. The van der Waals surface area contributed by atoms with E-state index in [1.165, 1.54) is 0 Å². The molecule has 0 spiro atoms. The zero-order valence-corrected chi connectivity index (χ0v) is 13.3. The van der Waals surface area contributed by atoms with Crippen molar-refractivity contribution in [3.8, 4) is 16.9 Å². The first kappa shape index (κ1) is 14.6. The van der Waals surface area contributed by atoms with Crippen LogP contribution in [-0.2, 0) is 0 Å². The summed E-state index contributed by atoms with van der Waals surface area (Å²) in [6.45, 7) is 4.01. The molecule has 0 saturated heterocycles. The van der Waals surface area contributed by atoms with Crippen LogP contribution in [0, 0.1) is 0 Å². The van der Waals surface area contributed by atoms with Crippen LogP contribution in [0.1, 0.15) is 0 Å². The predicted octanol–water partition coefficient (Wildman–Crippen LogP) is 4.79. The lowest BCUT2D eigenvalue weighted by atomic mass is 10.1. The van der Waals surface area contributed by atoms with Crippen LogP contribution in [-0.4, -0.2) is 6.61 Å². The Morgan fingerprint density at radius 1 is 1.18 bits per heavy atom. The Bertz CT molecular complexity index is 896. The summed E-state index contributed by atoms with van der Waals surface area (Å²) < 4.78 is 11.8. The second-order valence-electron chi connectivity index (χ2n) is 4.76. The van der Waals surface area contributed by atoms with Gasteiger partial charge in [-0.25, -0.2) is 4.79 Å². The van der Waals surface area contributed by atoms with Gasteiger partial charge in [-0.05, 0) is 35.9 Å². The summed E-state index contributed by atoms with van der Waals surface area (Å²) >= 11 is 3.41. The fraction of sp³-hybridized carbons (Fsp3) is 0.0556. The van der Waals surface area contributed by atoms with Crippen LogP contribution < -0.4 is 10.4 Å². The zero-order valence-electron chi connectivity index (χ0n) is 11.7. The maximum atomic E-state index is 12.2. The molecule has 0 atom stereocenters. The average molecular weight is 357 g/mol. The van der Waals surface area contributed by atoms with Crippen molar-refractivity contribution in [3.63, 3.8) is 0 Å². The summed E-state index contributed by atoms with van der Waals surface area (Å²) in [5.74, 6) is 0.644. The van der Waals surface area contributed by atoms with Crippen LogP contribution >= 0.6 is 15.9 Å². The van der Waals surface area contributed by atoms with Gasteiger partial charge in [0, 0.05) is 15.9 Å². The van der Waals surface area contributed by atoms with E-state index >= 15 is 0 Å². The van der Waals surface area contributed by atoms with E-state index in [9.17, 15) is 4.79 Å². The van der Waals surface area contributed by atoms with Crippen molar-refractivity contribution < 1.29 is 9.15 Å². The van der Waals surface area contributed by atoms with E-state index in [0.717, 1.165) is 15.4 Å².